The van der Waals surface area contributed by atoms with Crippen LogP contribution in [0.25, 0.3) is 10.9 Å². The molecule has 7 nitrogen and oxygen atoms in total. The van der Waals surface area contributed by atoms with Crippen LogP contribution in [0.5, 0.6) is 5.75 Å². The second-order valence-corrected chi connectivity index (χ2v) is 14.7. The molecule has 8 heteroatoms. The van der Waals surface area contributed by atoms with Crippen molar-refractivity contribution < 1.29 is 23.8 Å². The highest BCUT2D eigenvalue weighted by Gasteiger charge is 2.38. The van der Waals surface area contributed by atoms with E-state index in [0.29, 0.717) is 6.42 Å². The molecular formula is C25H40N2O5Si. The number of ether oxygens (including phenoxy) is 3. The fraction of sp³-hybridized carbons (Fsp3) is 0.600. The minimum absolute atomic E-state index is 0.346. The van der Waals surface area contributed by atoms with Crippen molar-refractivity contribution in [1.29, 1.82) is 0 Å². The molecule has 0 saturated carbocycles. The van der Waals surface area contributed by atoms with Crippen molar-refractivity contribution in [3.63, 3.8) is 0 Å². The van der Waals surface area contributed by atoms with E-state index in [1.54, 1.807) is 34.9 Å². The number of benzene rings is 1. The van der Waals surface area contributed by atoms with E-state index >= 15 is 0 Å². The molecule has 1 N–H and O–H groups in total. The summed E-state index contributed by atoms with van der Waals surface area (Å²) in [7, 11) is 2.75. The third kappa shape index (κ3) is 5.72. The summed E-state index contributed by atoms with van der Waals surface area (Å²) >= 11 is 0. The van der Waals surface area contributed by atoms with Crippen molar-refractivity contribution >= 4 is 36.4 Å². The van der Waals surface area contributed by atoms with Gasteiger partial charge in [-0.05, 0) is 38.5 Å². The molecule has 1 amide bonds. The Morgan fingerprint density at radius 1 is 1.09 bits per heavy atom. The number of carbonyl (C=O) groups excluding carboxylic acids is 2. The minimum Gasteiger partial charge on any atom is -0.497 e. The first-order valence-corrected chi connectivity index (χ1v) is 14.3. The summed E-state index contributed by atoms with van der Waals surface area (Å²) in [5.41, 5.74) is 1.40. The maximum Gasteiger partial charge on any atom is 0.410 e. The fourth-order valence-electron chi connectivity index (χ4n) is 4.48. The number of rotatable bonds is 9. The van der Waals surface area contributed by atoms with E-state index in [9.17, 15) is 9.59 Å². The fourth-order valence-corrected chi connectivity index (χ4v) is 8.31. The smallest absolute Gasteiger partial charge is 0.410 e. The molecule has 0 aliphatic heterocycles. The largest absolute Gasteiger partial charge is 0.497 e. The molecule has 0 spiro atoms. The Labute approximate surface area is 198 Å². The number of aromatic amines is 1. The van der Waals surface area contributed by atoms with Gasteiger partial charge in [0.15, 0.2) is 0 Å². The Hall–Kier alpha value is -2.48. The van der Waals surface area contributed by atoms with Crippen molar-refractivity contribution in [3.8, 4) is 5.75 Å². The summed E-state index contributed by atoms with van der Waals surface area (Å²) in [4.78, 5) is 30.7. The van der Waals surface area contributed by atoms with Crippen LogP contribution in [-0.2, 0) is 20.7 Å². The lowest BCUT2D eigenvalue weighted by atomic mass is 10.0. The topological polar surface area (TPSA) is 80.9 Å². The van der Waals surface area contributed by atoms with Gasteiger partial charge in [-0.1, -0.05) is 38.9 Å². The summed E-state index contributed by atoms with van der Waals surface area (Å²) < 4.78 is 16.1. The average molecular weight is 477 g/mol. The summed E-state index contributed by atoms with van der Waals surface area (Å²) in [5.74, 6) is 0.308. The van der Waals surface area contributed by atoms with Crippen molar-refractivity contribution in [2.24, 2.45) is 0 Å². The van der Waals surface area contributed by atoms with Gasteiger partial charge in [0.05, 0.1) is 14.2 Å². The van der Waals surface area contributed by atoms with Crippen molar-refractivity contribution in [3.05, 3.63) is 23.8 Å². The average Bonchev–Trinajstić information content (AvgIpc) is 3.14. The van der Waals surface area contributed by atoms with Gasteiger partial charge in [-0.3, -0.25) is 4.90 Å². The standard InChI is InChI=1S/C25H40N2O5Si/c1-10-33(11-2,12-3)22-19(18-14-13-17(30-8)15-20(18)26-22)16-21(23(28)31-9)27(7)24(29)32-25(4,5)6/h13-15,21,26H,10-12,16H2,1-9H3/t21-/m1/s1. The first kappa shape index (κ1) is 26.8. The number of esters is 1. The van der Waals surface area contributed by atoms with Crippen LogP contribution in [-0.4, -0.2) is 62.9 Å². The van der Waals surface area contributed by atoms with E-state index in [1.807, 2.05) is 18.2 Å². The van der Waals surface area contributed by atoms with Crippen LogP contribution in [0.15, 0.2) is 18.2 Å². The molecule has 0 aliphatic carbocycles. The monoisotopic (exact) mass is 476 g/mol. The first-order chi connectivity index (χ1) is 15.5. The molecule has 2 aromatic rings. The van der Waals surface area contributed by atoms with Gasteiger partial charge < -0.3 is 19.2 Å². The highest BCUT2D eigenvalue weighted by atomic mass is 28.3. The number of methoxy groups -OCH3 is 2. The van der Waals surface area contributed by atoms with E-state index in [-0.39, 0.29) is 0 Å². The number of nitrogens with zero attached hydrogens (tertiary/aromatic N) is 1. The minimum atomic E-state index is -1.84. The third-order valence-corrected chi connectivity index (χ3v) is 12.2. The Balaban J connectivity index is 2.65. The van der Waals surface area contributed by atoms with Gasteiger partial charge in [-0.25, -0.2) is 9.59 Å². The van der Waals surface area contributed by atoms with Gasteiger partial charge in [-0.15, -0.1) is 0 Å². The highest BCUT2D eigenvalue weighted by Crippen LogP contribution is 2.30. The van der Waals surface area contributed by atoms with Crippen LogP contribution in [0.4, 0.5) is 4.79 Å². The lowest BCUT2D eigenvalue weighted by Gasteiger charge is -2.32. The van der Waals surface area contributed by atoms with E-state index in [4.69, 9.17) is 14.2 Å². The lowest BCUT2D eigenvalue weighted by Crippen LogP contribution is -2.51. The number of nitrogens with one attached hydrogen (secondary N) is 1. The number of hydrogen-bond donors (Lipinski definition) is 1. The predicted molar refractivity (Wildman–Crippen MR) is 135 cm³/mol. The van der Waals surface area contributed by atoms with Gasteiger partial charge in [0, 0.05) is 35.8 Å². The van der Waals surface area contributed by atoms with Crippen LogP contribution < -0.4 is 10.1 Å². The van der Waals surface area contributed by atoms with Crippen molar-refractivity contribution in [1.82, 2.24) is 9.88 Å². The number of carbonyl (C=O) groups is 2. The molecular weight excluding hydrogens is 436 g/mol. The maximum atomic E-state index is 12.9. The number of aromatic nitrogens is 1. The Morgan fingerprint density at radius 2 is 1.70 bits per heavy atom. The van der Waals surface area contributed by atoms with Gasteiger partial charge in [0.25, 0.3) is 0 Å². The molecule has 1 aromatic heterocycles. The molecule has 1 atom stereocenters. The zero-order valence-electron chi connectivity index (χ0n) is 21.6. The van der Waals surface area contributed by atoms with Crippen LogP contribution in [0.1, 0.15) is 47.1 Å². The second-order valence-electron chi connectivity index (χ2n) is 9.57. The molecule has 184 valence electrons. The molecule has 1 heterocycles. The first-order valence-electron chi connectivity index (χ1n) is 11.7. The summed E-state index contributed by atoms with van der Waals surface area (Å²) in [5, 5.41) is 2.29. The number of H-pyrrole nitrogens is 1. The summed E-state index contributed by atoms with van der Waals surface area (Å²) in [6.07, 6.45) is -0.204. The van der Waals surface area contributed by atoms with Crippen LogP contribution >= 0.6 is 0 Å². The molecule has 0 bridgehead atoms. The summed E-state index contributed by atoms with van der Waals surface area (Å²) in [6.45, 7) is 12.2. The SMILES string of the molecule is CC[Si](CC)(CC)c1[nH]c2cc(OC)ccc2c1C[C@H](C(=O)OC)N(C)C(=O)OC(C)(C)C. The molecule has 1 aromatic carbocycles. The molecule has 0 unspecified atom stereocenters. The van der Waals surface area contributed by atoms with Crippen molar-refractivity contribution in [2.45, 2.75) is 77.7 Å². The maximum absolute atomic E-state index is 12.9. The molecule has 33 heavy (non-hydrogen) atoms. The van der Waals surface area contributed by atoms with Crippen LogP contribution in [0, 0.1) is 0 Å². The Bertz CT molecular complexity index is 967. The predicted octanol–water partition coefficient (Wildman–Crippen LogP) is 4.84. The normalized spacial score (nSPS) is 13.0. The van der Waals surface area contributed by atoms with E-state index in [1.165, 1.54) is 17.3 Å². The number of amides is 1. The molecule has 0 radical (unpaired) electrons. The van der Waals surface area contributed by atoms with E-state index < -0.39 is 31.8 Å². The quantitative estimate of drug-likeness (QED) is 0.414. The zero-order valence-corrected chi connectivity index (χ0v) is 22.6. The van der Waals surface area contributed by atoms with Gasteiger partial charge in [0.2, 0.25) is 0 Å². The third-order valence-electron chi connectivity index (χ3n) is 6.69. The molecule has 0 saturated heterocycles. The highest BCUT2D eigenvalue weighted by molar-refractivity contribution is 6.91. The lowest BCUT2D eigenvalue weighted by molar-refractivity contribution is -0.146. The molecule has 0 aliphatic rings. The van der Waals surface area contributed by atoms with Gasteiger partial charge in [0.1, 0.15) is 25.5 Å². The number of likely N-dealkylation sites (N-methyl/N-ethyl adjacent to an activating group) is 1. The van der Waals surface area contributed by atoms with E-state index in [0.717, 1.165) is 40.3 Å². The summed E-state index contributed by atoms with van der Waals surface area (Å²) in [6, 6.07) is 8.41. The van der Waals surface area contributed by atoms with E-state index in [2.05, 4.69) is 25.8 Å². The second kappa shape index (κ2) is 10.6. The number of hydrogen-bond acceptors (Lipinski definition) is 5. The Kier molecular flexibility index (Phi) is 8.62. The van der Waals surface area contributed by atoms with Crippen LogP contribution in [0.2, 0.25) is 18.1 Å². The van der Waals surface area contributed by atoms with Gasteiger partial charge in [-0.2, -0.15) is 0 Å². The molecule has 2 rings (SSSR count). The number of fused-ring (bicyclic) bond motifs is 1. The van der Waals surface area contributed by atoms with Gasteiger partial charge >= 0.3 is 12.1 Å². The zero-order chi connectivity index (χ0) is 25.0. The molecule has 0 fully saturated rings. The van der Waals surface area contributed by atoms with Crippen LogP contribution in [0.3, 0.4) is 0 Å². The Morgan fingerprint density at radius 3 is 2.18 bits per heavy atom. The van der Waals surface area contributed by atoms with Crippen molar-refractivity contribution in [2.75, 3.05) is 21.3 Å².